The number of aromatic nitrogens is 2. The van der Waals surface area contributed by atoms with E-state index in [-0.39, 0.29) is 0 Å². The molecule has 0 amide bonds. The van der Waals surface area contributed by atoms with Crippen molar-refractivity contribution in [2.24, 2.45) is 0 Å². The van der Waals surface area contributed by atoms with Gasteiger partial charge in [0.1, 0.15) is 17.3 Å². The smallest absolute Gasteiger partial charge is 0.120 e. The van der Waals surface area contributed by atoms with E-state index >= 15 is 0 Å². The van der Waals surface area contributed by atoms with Gasteiger partial charge in [0.25, 0.3) is 0 Å². The van der Waals surface area contributed by atoms with Crippen LogP contribution in [0.15, 0.2) is 59.5 Å². The molecule has 2 aromatic heterocycles. The molecule has 22 heavy (non-hydrogen) atoms. The zero-order valence-corrected chi connectivity index (χ0v) is 12.5. The monoisotopic (exact) mass is 297 g/mol. The molecule has 0 atom stereocenters. The van der Waals surface area contributed by atoms with Crippen LogP contribution in [0.25, 0.3) is 0 Å². The van der Waals surface area contributed by atoms with Crippen molar-refractivity contribution in [1.29, 1.82) is 0 Å². The van der Waals surface area contributed by atoms with Gasteiger partial charge in [-0.2, -0.15) is 0 Å². The molecule has 0 fully saturated rings. The number of furan rings is 1. The average molecular weight is 297 g/mol. The Kier molecular flexibility index (Phi) is 4.56. The highest BCUT2D eigenvalue weighted by molar-refractivity contribution is 5.28. The number of rotatable bonds is 7. The molecule has 0 aliphatic rings. The van der Waals surface area contributed by atoms with Crippen LogP contribution in [0.2, 0.25) is 0 Å². The number of ether oxygens (including phenoxy) is 1. The largest absolute Gasteiger partial charge is 0.497 e. The summed E-state index contributed by atoms with van der Waals surface area (Å²) in [5.74, 6) is 2.75. The van der Waals surface area contributed by atoms with Crippen LogP contribution in [0.5, 0.6) is 5.75 Å². The number of hydrogen-bond acceptors (Lipinski definition) is 4. The fourth-order valence-corrected chi connectivity index (χ4v) is 2.42. The lowest BCUT2D eigenvalue weighted by atomic mass is 10.2. The number of imidazole rings is 1. The molecular formula is C17H19N3O2. The van der Waals surface area contributed by atoms with Gasteiger partial charge in [-0.3, -0.25) is 4.90 Å². The maximum absolute atomic E-state index is 5.47. The van der Waals surface area contributed by atoms with E-state index in [1.807, 2.05) is 30.5 Å². The third-order valence-electron chi connectivity index (χ3n) is 3.43. The van der Waals surface area contributed by atoms with Crippen molar-refractivity contribution >= 4 is 0 Å². The lowest BCUT2D eigenvalue weighted by Gasteiger charge is -2.20. The van der Waals surface area contributed by atoms with Crippen molar-refractivity contribution in [3.05, 3.63) is 72.2 Å². The summed E-state index contributed by atoms with van der Waals surface area (Å²) in [5, 5.41) is 0. The van der Waals surface area contributed by atoms with Gasteiger partial charge in [0, 0.05) is 18.9 Å². The minimum atomic E-state index is 0.727. The molecule has 0 unspecified atom stereocenters. The molecule has 0 saturated heterocycles. The Morgan fingerprint density at radius 2 is 2.14 bits per heavy atom. The van der Waals surface area contributed by atoms with E-state index in [0.29, 0.717) is 0 Å². The van der Waals surface area contributed by atoms with Gasteiger partial charge in [-0.1, -0.05) is 12.1 Å². The molecular weight excluding hydrogens is 278 g/mol. The highest BCUT2D eigenvalue weighted by Gasteiger charge is 2.11. The van der Waals surface area contributed by atoms with Gasteiger partial charge in [-0.15, -0.1) is 0 Å². The molecule has 3 aromatic rings. The minimum absolute atomic E-state index is 0.727. The van der Waals surface area contributed by atoms with Crippen LogP contribution in [0, 0.1) is 0 Å². The van der Waals surface area contributed by atoms with Crippen LogP contribution in [-0.4, -0.2) is 22.0 Å². The second-order valence-electron chi connectivity index (χ2n) is 5.11. The number of nitrogens with zero attached hydrogens (tertiary/aromatic N) is 2. The summed E-state index contributed by atoms with van der Waals surface area (Å²) in [6.07, 6.45) is 5.31. The number of nitrogens with one attached hydrogen (secondary N) is 1. The molecule has 5 nitrogen and oxygen atoms in total. The van der Waals surface area contributed by atoms with E-state index in [2.05, 4.69) is 27.0 Å². The predicted molar refractivity (Wildman–Crippen MR) is 83.2 cm³/mol. The van der Waals surface area contributed by atoms with E-state index in [1.165, 1.54) is 5.56 Å². The lowest BCUT2D eigenvalue weighted by Crippen LogP contribution is -2.22. The molecule has 0 bridgehead atoms. The van der Waals surface area contributed by atoms with Crippen LogP contribution >= 0.6 is 0 Å². The molecule has 114 valence electrons. The quantitative estimate of drug-likeness (QED) is 0.727. The lowest BCUT2D eigenvalue weighted by molar-refractivity contribution is 0.222. The SMILES string of the molecule is COc1cccc(CN(Cc2ncc[nH]2)Cc2ccco2)c1. The van der Waals surface area contributed by atoms with Crippen molar-refractivity contribution in [3.8, 4) is 5.75 Å². The molecule has 3 rings (SSSR count). The Hall–Kier alpha value is -2.53. The zero-order chi connectivity index (χ0) is 15.2. The van der Waals surface area contributed by atoms with Crippen LogP contribution < -0.4 is 4.74 Å². The Morgan fingerprint density at radius 1 is 1.18 bits per heavy atom. The summed E-state index contributed by atoms with van der Waals surface area (Å²) >= 11 is 0. The Labute approximate surface area is 129 Å². The first kappa shape index (κ1) is 14.4. The fourth-order valence-electron chi connectivity index (χ4n) is 2.42. The van der Waals surface area contributed by atoms with Gasteiger partial charge in [-0.05, 0) is 29.8 Å². The summed E-state index contributed by atoms with van der Waals surface area (Å²) < 4.78 is 10.8. The standard InChI is InChI=1S/C17H19N3O2/c1-21-15-5-2-4-14(10-15)11-20(12-16-6-3-9-22-16)13-17-18-7-8-19-17/h2-10H,11-13H2,1H3,(H,18,19). The summed E-state index contributed by atoms with van der Waals surface area (Å²) in [7, 11) is 1.68. The Balaban J connectivity index is 1.74. The van der Waals surface area contributed by atoms with Gasteiger partial charge in [0.15, 0.2) is 0 Å². The molecule has 0 spiro atoms. The van der Waals surface area contributed by atoms with E-state index in [9.17, 15) is 0 Å². The number of methoxy groups -OCH3 is 1. The molecule has 5 heteroatoms. The maximum Gasteiger partial charge on any atom is 0.120 e. The first-order valence-electron chi connectivity index (χ1n) is 7.19. The predicted octanol–water partition coefficient (Wildman–Crippen LogP) is 3.21. The summed E-state index contributed by atoms with van der Waals surface area (Å²) in [4.78, 5) is 9.73. The zero-order valence-electron chi connectivity index (χ0n) is 12.5. The van der Waals surface area contributed by atoms with Crippen LogP contribution in [0.3, 0.4) is 0 Å². The normalized spacial score (nSPS) is 11.0. The van der Waals surface area contributed by atoms with Crippen molar-refractivity contribution in [3.63, 3.8) is 0 Å². The summed E-state index contributed by atoms with van der Waals surface area (Å²) in [6, 6.07) is 12.0. The van der Waals surface area contributed by atoms with Crippen molar-refractivity contribution in [2.75, 3.05) is 7.11 Å². The average Bonchev–Trinajstić information content (AvgIpc) is 3.21. The topological polar surface area (TPSA) is 54.3 Å². The van der Waals surface area contributed by atoms with Crippen molar-refractivity contribution in [1.82, 2.24) is 14.9 Å². The first-order valence-corrected chi connectivity index (χ1v) is 7.19. The van der Waals surface area contributed by atoms with E-state index < -0.39 is 0 Å². The van der Waals surface area contributed by atoms with Crippen molar-refractivity contribution in [2.45, 2.75) is 19.6 Å². The molecule has 1 N–H and O–H groups in total. The van der Waals surface area contributed by atoms with Gasteiger partial charge in [0.05, 0.1) is 26.5 Å². The molecule has 0 radical (unpaired) electrons. The number of H-pyrrole nitrogens is 1. The highest BCUT2D eigenvalue weighted by Crippen LogP contribution is 2.17. The van der Waals surface area contributed by atoms with Crippen LogP contribution in [0.4, 0.5) is 0 Å². The number of aromatic amines is 1. The number of hydrogen-bond donors (Lipinski definition) is 1. The molecule has 0 aliphatic heterocycles. The summed E-state index contributed by atoms with van der Waals surface area (Å²) in [6.45, 7) is 2.24. The third-order valence-corrected chi connectivity index (χ3v) is 3.43. The summed E-state index contributed by atoms with van der Waals surface area (Å²) in [5.41, 5.74) is 1.19. The molecule has 2 heterocycles. The van der Waals surface area contributed by atoms with Crippen molar-refractivity contribution < 1.29 is 9.15 Å². The maximum atomic E-state index is 5.47. The van der Waals surface area contributed by atoms with Crippen LogP contribution in [0.1, 0.15) is 17.1 Å². The van der Waals surface area contributed by atoms with Gasteiger partial charge < -0.3 is 14.1 Å². The minimum Gasteiger partial charge on any atom is -0.497 e. The Bertz CT molecular complexity index is 642. The highest BCUT2D eigenvalue weighted by atomic mass is 16.5. The van der Waals surface area contributed by atoms with Gasteiger partial charge in [-0.25, -0.2) is 4.98 Å². The fraction of sp³-hybridized carbons (Fsp3) is 0.235. The van der Waals surface area contributed by atoms with Gasteiger partial charge >= 0.3 is 0 Å². The third kappa shape index (κ3) is 3.77. The van der Waals surface area contributed by atoms with Crippen LogP contribution in [-0.2, 0) is 19.6 Å². The molecule has 0 aliphatic carbocycles. The van der Waals surface area contributed by atoms with Gasteiger partial charge in [0.2, 0.25) is 0 Å². The Morgan fingerprint density at radius 3 is 2.86 bits per heavy atom. The molecule has 1 aromatic carbocycles. The van der Waals surface area contributed by atoms with E-state index in [4.69, 9.17) is 9.15 Å². The molecule has 0 saturated carbocycles. The number of benzene rings is 1. The second kappa shape index (κ2) is 6.95. The van der Waals surface area contributed by atoms with E-state index in [0.717, 1.165) is 37.0 Å². The van der Waals surface area contributed by atoms with E-state index in [1.54, 1.807) is 19.6 Å². The first-order chi connectivity index (χ1) is 10.8. The second-order valence-corrected chi connectivity index (χ2v) is 5.11.